The quantitative estimate of drug-likeness (QED) is 0.335. The summed E-state index contributed by atoms with van der Waals surface area (Å²) < 4.78 is 11.1. The van der Waals surface area contributed by atoms with Gasteiger partial charge in [-0.25, -0.2) is 0 Å². The minimum atomic E-state index is -0.703. The maximum absolute atomic E-state index is 13.9. The number of rotatable bonds is 6. The molecule has 0 spiro atoms. The lowest BCUT2D eigenvalue weighted by Gasteiger charge is -2.51. The molecule has 0 heterocycles. The number of carbonyl (C=O) groups is 2. The van der Waals surface area contributed by atoms with Crippen LogP contribution >= 0.6 is 0 Å². The molecule has 3 aliphatic carbocycles. The summed E-state index contributed by atoms with van der Waals surface area (Å²) in [5.74, 6) is -1.46. The first-order chi connectivity index (χ1) is 18.6. The molecule has 0 atom stereocenters. The van der Waals surface area contributed by atoms with Gasteiger partial charge in [-0.2, -0.15) is 0 Å². The Morgan fingerprint density at radius 2 is 0.658 bits per heavy atom. The molecule has 0 aliphatic heterocycles. The van der Waals surface area contributed by atoms with E-state index in [1.54, 1.807) is 0 Å². The molecule has 188 valence electrons. The summed E-state index contributed by atoms with van der Waals surface area (Å²) in [5.41, 5.74) is 1.36. The molecule has 0 aromatic heterocycles. The number of esters is 2. The predicted octanol–water partition coefficient (Wildman–Crippen LogP) is 5.36. The molecule has 7 rings (SSSR count). The van der Waals surface area contributed by atoms with Gasteiger partial charge in [0.1, 0.15) is 0 Å². The highest BCUT2D eigenvalue weighted by Crippen LogP contribution is 3.07. The van der Waals surface area contributed by atoms with Crippen molar-refractivity contribution in [2.24, 2.45) is 11.8 Å². The highest BCUT2D eigenvalue weighted by molar-refractivity contribution is 6.03. The van der Waals surface area contributed by atoms with Crippen LogP contribution in [-0.2, 0) is 40.7 Å². The van der Waals surface area contributed by atoms with Gasteiger partial charge < -0.3 is 9.47 Å². The molecule has 4 nitrogen and oxygen atoms in total. The fraction of sp³-hybridized carbons (Fsp3) is 0.235. The minimum Gasteiger partial charge on any atom is -0.469 e. The summed E-state index contributed by atoms with van der Waals surface area (Å²) in [5, 5.41) is 0. The van der Waals surface area contributed by atoms with E-state index in [2.05, 4.69) is 48.5 Å². The number of carbonyl (C=O) groups excluding carboxylic acids is 2. The van der Waals surface area contributed by atoms with E-state index in [1.807, 2.05) is 72.8 Å². The van der Waals surface area contributed by atoms with Crippen molar-refractivity contribution in [2.45, 2.75) is 21.7 Å². The van der Waals surface area contributed by atoms with Gasteiger partial charge in [-0.3, -0.25) is 9.59 Å². The fourth-order valence-corrected chi connectivity index (χ4v) is 9.28. The largest absolute Gasteiger partial charge is 0.469 e. The topological polar surface area (TPSA) is 52.6 Å². The van der Waals surface area contributed by atoms with Gasteiger partial charge in [0.05, 0.1) is 26.1 Å². The van der Waals surface area contributed by atoms with E-state index in [0.717, 1.165) is 22.3 Å². The van der Waals surface area contributed by atoms with Crippen LogP contribution in [0.4, 0.5) is 0 Å². The van der Waals surface area contributed by atoms with Gasteiger partial charge in [-0.1, -0.05) is 121 Å². The smallest absolute Gasteiger partial charge is 0.310 e. The molecule has 3 aliphatic rings. The molecule has 0 radical (unpaired) electrons. The zero-order valence-corrected chi connectivity index (χ0v) is 21.3. The minimum absolute atomic E-state index is 0.251. The first kappa shape index (κ1) is 23.0. The summed E-state index contributed by atoms with van der Waals surface area (Å²) >= 11 is 0. The molecule has 38 heavy (non-hydrogen) atoms. The normalized spacial score (nSPS) is 33.6. The van der Waals surface area contributed by atoms with Crippen molar-refractivity contribution >= 4 is 11.9 Å². The SMILES string of the molecule is COC(=O)C1C2(c3ccccc3)C1(c1ccccc1)C1(c3ccccc3)C(C(=O)OC)C21c1ccccc1. The van der Waals surface area contributed by atoms with Crippen molar-refractivity contribution in [3.05, 3.63) is 144 Å². The van der Waals surface area contributed by atoms with Gasteiger partial charge in [0.15, 0.2) is 0 Å². The van der Waals surface area contributed by atoms with Crippen molar-refractivity contribution < 1.29 is 19.1 Å². The van der Waals surface area contributed by atoms with Crippen LogP contribution in [0.2, 0.25) is 0 Å². The summed E-state index contributed by atoms with van der Waals surface area (Å²) in [6.07, 6.45) is 0. The summed E-state index contributed by atoms with van der Waals surface area (Å²) in [7, 11) is 2.93. The van der Waals surface area contributed by atoms with Gasteiger partial charge in [0.25, 0.3) is 0 Å². The van der Waals surface area contributed by atoms with Crippen molar-refractivity contribution in [3.63, 3.8) is 0 Å². The third kappa shape index (κ3) is 2.11. The molecule has 0 N–H and O–H groups in total. The van der Waals surface area contributed by atoms with Crippen LogP contribution in [0.3, 0.4) is 0 Å². The van der Waals surface area contributed by atoms with Gasteiger partial charge >= 0.3 is 11.9 Å². The number of hydrogen-bond acceptors (Lipinski definition) is 4. The van der Waals surface area contributed by atoms with E-state index in [9.17, 15) is 9.59 Å². The van der Waals surface area contributed by atoms with Gasteiger partial charge in [-0.15, -0.1) is 0 Å². The first-order valence-electron chi connectivity index (χ1n) is 13.0. The number of ether oxygens (including phenoxy) is 2. The maximum Gasteiger partial charge on any atom is 0.310 e. The van der Waals surface area contributed by atoms with Gasteiger partial charge in [0, 0.05) is 21.7 Å². The Morgan fingerprint density at radius 3 is 0.842 bits per heavy atom. The number of benzene rings is 4. The van der Waals surface area contributed by atoms with Crippen LogP contribution in [0, 0.1) is 11.8 Å². The molecular formula is C34H28O4. The van der Waals surface area contributed by atoms with Crippen LogP contribution in [0.15, 0.2) is 121 Å². The lowest BCUT2D eigenvalue weighted by Crippen LogP contribution is -2.56. The van der Waals surface area contributed by atoms with Crippen molar-refractivity contribution in [1.82, 2.24) is 0 Å². The Labute approximate surface area is 222 Å². The van der Waals surface area contributed by atoms with Crippen molar-refractivity contribution in [3.8, 4) is 0 Å². The van der Waals surface area contributed by atoms with Crippen molar-refractivity contribution in [1.29, 1.82) is 0 Å². The predicted molar refractivity (Wildman–Crippen MR) is 143 cm³/mol. The Hall–Kier alpha value is -4.18. The summed E-state index contributed by atoms with van der Waals surface area (Å²) in [6.45, 7) is 0. The van der Waals surface area contributed by atoms with E-state index in [-0.39, 0.29) is 11.9 Å². The van der Waals surface area contributed by atoms with Crippen LogP contribution in [-0.4, -0.2) is 26.2 Å². The summed E-state index contributed by atoms with van der Waals surface area (Å²) in [6, 6.07) is 40.9. The molecule has 4 heteroatoms. The van der Waals surface area contributed by atoms with Crippen LogP contribution in [0.1, 0.15) is 22.3 Å². The zero-order chi connectivity index (χ0) is 26.2. The second-order valence-electron chi connectivity index (χ2n) is 10.6. The number of fused-ring (bicyclic) bond motifs is 4. The van der Waals surface area contributed by atoms with E-state index < -0.39 is 33.5 Å². The van der Waals surface area contributed by atoms with E-state index in [1.165, 1.54) is 14.2 Å². The Kier molecular flexibility index (Phi) is 4.64. The Morgan fingerprint density at radius 1 is 0.447 bits per heavy atom. The van der Waals surface area contributed by atoms with Crippen LogP contribution < -0.4 is 0 Å². The second-order valence-corrected chi connectivity index (χ2v) is 10.6. The van der Waals surface area contributed by atoms with E-state index in [4.69, 9.17) is 9.47 Å². The van der Waals surface area contributed by atoms with E-state index in [0.29, 0.717) is 0 Å². The zero-order valence-electron chi connectivity index (χ0n) is 21.3. The Bertz CT molecular complexity index is 1300. The molecule has 0 saturated heterocycles. The highest BCUT2D eigenvalue weighted by atomic mass is 16.5. The third-order valence-electron chi connectivity index (χ3n) is 9.84. The van der Waals surface area contributed by atoms with Gasteiger partial charge in [0.2, 0.25) is 0 Å². The first-order valence-corrected chi connectivity index (χ1v) is 13.0. The number of hydrogen-bond donors (Lipinski definition) is 0. The van der Waals surface area contributed by atoms with Crippen LogP contribution in [0.5, 0.6) is 0 Å². The second kappa shape index (κ2) is 7.67. The molecule has 3 fully saturated rings. The van der Waals surface area contributed by atoms with E-state index >= 15 is 0 Å². The monoisotopic (exact) mass is 500 g/mol. The lowest BCUT2D eigenvalue weighted by atomic mass is 9.49. The average molecular weight is 501 g/mol. The third-order valence-corrected chi connectivity index (χ3v) is 9.84. The highest BCUT2D eigenvalue weighted by Gasteiger charge is 3.16. The molecule has 4 aromatic carbocycles. The molecule has 3 saturated carbocycles. The molecular weight excluding hydrogens is 472 g/mol. The molecule has 0 unspecified atom stereocenters. The molecule has 4 aromatic rings. The summed E-state index contributed by atoms with van der Waals surface area (Å²) in [4.78, 5) is 27.8. The fourth-order valence-electron chi connectivity index (χ4n) is 9.28. The average Bonchev–Trinajstić information content (AvgIpc) is 3.80. The van der Waals surface area contributed by atoms with Gasteiger partial charge in [-0.05, 0) is 22.3 Å². The lowest BCUT2D eigenvalue weighted by molar-refractivity contribution is -0.145. The molecule has 0 amide bonds. The Balaban J connectivity index is 1.68. The van der Waals surface area contributed by atoms with Crippen LogP contribution in [0.25, 0.3) is 0 Å². The molecule has 0 bridgehead atoms. The van der Waals surface area contributed by atoms with Crippen molar-refractivity contribution in [2.75, 3.05) is 14.2 Å². The standard InChI is InChI=1S/C34H28O4/c1-37-29(35)27-31(23-15-7-3-8-16-23)32(27,24-17-9-4-10-18-24)34(26-21-13-6-14-22-26)28(30(36)38-2)33(31,34)25-19-11-5-12-20-25/h3-22,27-28H,1-2H3. The maximum atomic E-state index is 13.9. The number of methoxy groups -OCH3 is 2.